The quantitative estimate of drug-likeness (QED) is 0.567. The standard InChI is InChI=1S/C19H21Cl2N3O2.ClH/c20-14-4-5-16(17(21)7-14)19(26)24-15-3-1-2-12(6-15)8-22-9-13-10-23-11-18(13)25;/h1-7,13,18,22-23,25H,8-11H2,(H,24,26);1H. The molecule has 0 saturated carbocycles. The molecule has 2 unspecified atom stereocenters. The van der Waals surface area contributed by atoms with Crippen molar-refractivity contribution in [2.24, 2.45) is 5.92 Å². The maximum atomic E-state index is 12.4. The largest absolute Gasteiger partial charge is 0.391 e. The van der Waals surface area contributed by atoms with Gasteiger partial charge in [0.1, 0.15) is 0 Å². The van der Waals surface area contributed by atoms with Crippen LogP contribution in [0.3, 0.4) is 0 Å². The molecular weight excluding hydrogens is 409 g/mol. The molecule has 2 atom stereocenters. The second-order valence-electron chi connectivity index (χ2n) is 6.40. The third-order valence-electron chi connectivity index (χ3n) is 4.40. The molecule has 3 rings (SSSR count). The molecule has 8 heteroatoms. The number of rotatable bonds is 6. The number of nitrogens with one attached hydrogen (secondary N) is 3. The van der Waals surface area contributed by atoms with Gasteiger partial charge in [-0.15, -0.1) is 12.4 Å². The summed E-state index contributed by atoms with van der Waals surface area (Å²) in [6, 6.07) is 12.4. The molecule has 1 heterocycles. The minimum Gasteiger partial charge on any atom is -0.391 e. The van der Waals surface area contributed by atoms with Crippen molar-refractivity contribution in [1.82, 2.24) is 10.6 Å². The Labute approximate surface area is 174 Å². The summed E-state index contributed by atoms with van der Waals surface area (Å²) in [6.07, 6.45) is -0.294. The van der Waals surface area contributed by atoms with Crippen molar-refractivity contribution in [2.75, 3.05) is 25.0 Å². The van der Waals surface area contributed by atoms with E-state index < -0.39 is 0 Å². The zero-order valence-corrected chi connectivity index (χ0v) is 16.9. The first kappa shape index (κ1) is 22.0. The lowest BCUT2D eigenvalue weighted by Gasteiger charge is -2.14. The fourth-order valence-electron chi connectivity index (χ4n) is 2.96. The lowest BCUT2D eigenvalue weighted by molar-refractivity contribution is 0.102. The van der Waals surface area contributed by atoms with Crippen molar-refractivity contribution in [3.05, 3.63) is 63.6 Å². The van der Waals surface area contributed by atoms with E-state index in [4.69, 9.17) is 23.2 Å². The van der Waals surface area contributed by atoms with Crippen LogP contribution in [0.4, 0.5) is 5.69 Å². The SMILES string of the molecule is Cl.O=C(Nc1cccc(CNCC2CNCC2O)c1)c1ccc(Cl)cc1Cl. The zero-order chi connectivity index (χ0) is 18.5. The number of carbonyl (C=O) groups is 1. The van der Waals surface area contributed by atoms with Crippen LogP contribution in [0.15, 0.2) is 42.5 Å². The summed E-state index contributed by atoms with van der Waals surface area (Å²) in [4.78, 5) is 12.4. The summed E-state index contributed by atoms with van der Waals surface area (Å²) in [6.45, 7) is 2.88. The Kier molecular flexibility index (Phi) is 8.35. The molecule has 0 aliphatic carbocycles. The summed E-state index contributed by atoms with van der Waals surface area (Å²) >= 11 is 11.9. The molecule has 146 valence electrons. The van der Waals surface area contributed by atoms with E-state index in [0.717, 1.165) is 18.7 Å². The van der Waals surface area contributed by atoms with Crippen LogP contribution in [0, 0.1) is 5.92 Å². The summed E-state index contributed by atoms with van der Waals surface area (Å²) in [5.74, 6) is -0.0538. The summed E-state index contributed by atoms with van der Waals surface area (Å²) in [7, 11) is 0. The Morgan fingerprint density at radius 3 is 2.70 bits per heavy atom. The van der Waals surface area contributed by atoms with Crippen molar-refractivity contribution < 1.29 is 9.90 Å². The zero-order valence-electron chi connectivity index (χ0n) is 14.5. The molecule has 0 radical (unpaired) electrons. The molecular formula is C19H22Cl3N3O2. The highest BCUT2D eigenvalue weighted by molar-refractivity contribution is 6.37. The van der Waals surface area contributed by atoms with E-state index in [9.17, 15) is 9.90 Å². The molecule has 1 aliphatic rings. The maximum Gasteiger partial charge on any atom is 0.257 e. The summed E-state index contributed by atoms with van der Waals surface area (Å²) in [5.41, 5.74) is 2.12. The fraction of sp³-hybridized carbons (Fsp3) is 0.316. The number of aliphatic hydroxyl groups is 1. The average Bonchev–Trinajstić information content (AvgIpc) is 3.00. The van der Waals surface area contributed by atoms with Crippen molar-refractivity contribution in [3.8, 4) is 0 Å². The van der Waals surface area contributed by atoms with Gasteiger partial charge in [-0.2, -0.15) is 0 Å². The van der Waals surface area contributed by atoms with E-state index in [2.05, 4.69) is 16.0 Å². The molecule has 2 aromatic rings. The molecule has 5 nitrogen and oxygen atoms in total. The predicted molar refractivity (Wildman–Crippen MR) is 112 cm³/mol. The minimum absolute atomic E-state index is 0. The van der Waals surface area contributed by atoms with Gasteiger partial charge in [-0.1, -0.05) is 35.3 Å². The second kappa shape index (κ2) is 10.3. The van der Waals surface area contributed by atoms with Crippen molar-refractivity contribution >= 4 is 47.2 Å². The van der Waals surface area contributed by atoms with Gasteiger partial charge in [0.25, 0.3) is 5.91 Å². The Hall–Kier alpha value is -1.34. The summed E-state index contributed by atoms with van der Waals surface area (Å²) < 4.78 is 0. The topological polar surface area (TPSA) is 73.4 Å². The fourth-order valence-corrected chi connectivity index (χ4v) is 3.45. The Morgan fingerprint density at radius 1 is 1.19 bits per heavy atom. The third-order valence-corrected chi connectivity index (χ3v) is 4.95. The van der Waals surface area contributed by atoms with Gasteiger partial charge in [-0.25, -0.2) is 0 Å². The molecule has 1 saturated heterocycles. The van der Waals surface area contributed by atoms with Gasteiger partial charge in [0.15, 0.2) is 0 Å². The molecule has 0 spiro atoms. The molecule has 1 amide bonds. The first-order valence-electron chi connectivity index (χ1n) is 8.48. The number of benzene rings is 2. The molecule has 0 aromatic heterocycles. The van der Waals surface area contributed by atoms with Gasteiger partial charge >= 0.3 is 0 Å². The number of aliphatic hydroxyl groups excluding tert-OH is 1. The first-order chi connectivity index (χ1) is 12.5. The molecule has 1 fully saturated rings. The van der Waals surface area contributed by atoms with Gasteiger partial charge in [-0.05, 0) is 35.9 Å². The van der Waals surface area contributed by atoms with Crippen molar-refractivity contribution in [1.29, 1.82) is 0 Å². The van der Waals surface area contributed by atoms with Crippen LogP contribution in [0.5, 0.6) is 0 Å². The first-order valence-corrected chi connectivity index (χ1v) is 9.23. The van der Waals surface area contributed by atoms with Crippen LogP contribution >= 0.6 is 35.6 Å². The van der Waals surface area contributed by atoms with Crippen molar-refractivity contribution in [3.63, 3.8) is 0 Å². The number of anilines is 1. The van der Waals surface area contributed by atoms with Gasteiger partial charge in [0, 0.05) is 42.8 Å². The lowest BCUT2D eigenvalue weighted by atomic mass is 10.1. The lowest BCUT2D eigenvalue weighted by Crippen LogP contribution is -2.30. The highest BCUT2D eigenvalue weighted by Crippen LogP contribution is 2.22. The number of β-amino-alcohol motifs (C(OH)–C–C–N with tert-alkyl or cyclic N) is 1. The van der Waals surface area contributed by atoms with Crippen LogP contribution in [-0.2, 0) is 6.54 Å². The Morgan fingerprint density at radius 2 is 2.00 bits per heavy atom. The molecule has 2 aromatic carbocycles. The van der Waals surface area contributed by atoms with Gasteiger partial charge in [-0.3, -0.25) is 4.79 Å². The number of hydrogen-bond donors (Lipinski definition) is 4. The molecule has 0 bridgehead atoms. The van der Waals surface area contributed by atoms with Crippen molar-refractivity contribution in [2.45, 2.75) is 12.6 Å². The Bertz CT molecular complexity index is 789. The average molecular weight is 431 g/mol. The number of carbonyl (C=O) groups excluding carboxylic acids is 1. The van der Waals surface area contributed by atoms with Crippen LogP contribution in [-0.4, -0.2) is 36.8 Å². The third kappa shape index (κ3) is 6.07. The van der Waals surface area contributed by atoms with E-state index in [-0.39, 0.29) is 30.3 Å². The number of hydrogen-bond acceptors (Lipinski definition) is 4. The maximum absolute atomic E-state index is 12.4. The highest BCUT2D eigenvalue weighted by Gasteiger charge is 2.24. The minimum atomic E-state index is -0.294. The van der Waals surface area contributed by atoms with Gasteiger partial charge in [0.05, 0.1) is 16.7 Å². The molecule has 27 heavy (non-hydrogen) atoms. The van der Waals surface area contributed by atoms with E-state index in [1.165, 1.54) is 0 Å². The monoisotopic (exact) mass is 429 g/mol. The number of halogens is 3. The van der Waals surface area contributed by atoms with Crippen LogP contribution in [0.2, 0.25) is 10.0 Å². The highest BCUT2D eigenvalue weighted by atomic mass is 35.5. The van der Waals surface area contributed by atoms with Crippen LogP contribution < -0.4 is 16.0 Å². The van der Waals surface area contributed by atoms with E-state index in [1.807, 2.05) is 24.3 Å². The van der Waals surface area contributed by atoms with Crippen LogP contribution in [0.25, 0.3) is 0 Å². The molecule has 1 aliphatic heterocycles. The molecule has 4 N–H and O–H groups in total. The smallest absolute Gasteiger partial charge is 0.257 e. The van der Waals surface area contributed by atoms with Gasteiger partial charge < -0.3 is 21.1 Å². The summed E-state index contributed by atoms with van der Waals surface area (Å²) in [5, 5.41) is 20.0. The predicted octanol–water partition coefficient (Wildman–Crippen LogP) is 3.34. The van der Waals surface area contributed by atoms with E-state index in [0.29, 0.717) is 34.4 Å². The van der Waals surface area contributed by atoms with E-state index in [1.54, 1.807) is 18.2 Å². The van der Waals surface area contributed by atoms with E-state index >= 15 is 0 Å². The van der Waals surface area contributed by atoms with Crippen LogP contribution in [0.1, 0.15) is 15.9 Å². The normalized spacial score (nSPS) is 18.8. The second-order valence-corrected chi connectivity index (χ2v) is 7.24. The Balaban J connectivity index is 0.00000261. The number of amides is 1. The van der Waals surface area contributed by atoms with Gasteiger partial charge in [0.2, 0.25) is 0 Å².